The summed E-state index contributed by atoms with van der Waals surface area (Å²) >= 11 is 0. The van der Waals surface area contributed by atoms with E-state index < -0.39 is 10.0 Å². The zero-order chi connectivity index (χ0) is 21.2. The second-order valence-corrected chi connectivity index (χ2v) is 9.96. The van der Waals surface area contributed by atoms with E-state index in [0.29, 0.717) is 30.5 Å². The maximum absolute atomic E-state index is 12.8. The summed E-state index contributed by atoms with van der Waals surface area (Å²) in [6, 6.07) is 6.86. The van der Waals surface area contributed by atoms with Crippen molar-refractivity contribution in [2.75, 3.05) is 23.7 Å². The third-order valence-corrected chi connectivity index (χ3v) is 7.16. The summed E-state index contributed by atoms with van der Waals surface area (Å²) in [7, 11) is -3.47. The van der Waals surface area contributed by atoms with Gasteiger partial charge in [-0.05, 0) is 58.7 Å². The molecule has 1 aliphatic rings. The van der Waals surface area contributed by atoms with E-state index in [1.165, 1.54) is 0 Å². The first-order valence-corrected chi connectivity index (χ1v) is 11.2. The van der Waals surface area contributed by atoms with Gasteiger partial charge in [-0.3, -0.25) is 0 Å². The molecule has 2 heterocycles. The monoisotopic (exact) mass is 415 g/mol. The summed E-state index contributed by atoms with van der Waals surface area (Å²) in [6.45, 7) is 13.0. The molecule has 29 heavy (non-hydrogen) atoms. The minimum Gasteiger partial charge on any atom is -0.346 e. The number of sulfonamides is 1. The van der Waals surface area contributed by atoms with Crippen molar-refractivity contribution in [2.24, 2.45) is 0 Å². The highest BCUT2D eigenvalue weighted by molar-refractivity contribution is 7.89. The normalized spacial score (nSPS) is 15.3. The van der Waals surface area contributed by atoms with Gasteiger partial charge in [0.1, 0.15) is 5.82 Å². The molecule has 0 radical (unpaired) electrons. The molecule has 0 amide bonds. The van der Waals surface area contributed by atoms with Crippen molar-refractivity contribution in [1.29, 1.82) is 0 Å². The van der Waals surface area contributed by atoms with Gasteiger partial charge < -0.3 is 10.6 Å². The van der Waals surface area contributed by atoms with Gasteiger partial charge in [0.25, 0.3) is 0 Å². The number of nitrogens with zero attached hydrogens (tertiary/aromatic N) is 3. The minimum atomic E-state index is -3.47. The van der Waals surface area contributed by atoms with E-state index in [2.05, 4.69) is 27.2 Å². The Labute approximate surface area is 173 Å². The molecule has 0 spiro atoms. The molecule has 0 atom stereocenters. The minimum absolute atomic E-state index is 0.290. The van der Waals surface area contributed by atoms with Crippen LogP contribution in [0.4, 0.5) is 17.5 Å². The van der Waals surface area contributed by atoms with Crippen LogP contribution in [0.3, 0.4) is 0 Å². The van der Waals surface area contributed by atoms with Crippen LogP contribution in [0.15, 0.2) is 47.5 Å². The average molecular weight is 416 g/mol. The highest BCUT2D eigenvalue weighted by Crippen LogP contribution is 2.26. The molecule has 156 valence electrons. The summed E-state index contributed by atoms with van der Waals surface area (Å²) in [5.74, 6) is 1.10. The molecule has 0 saturated carbocycles. The molecular formula is C21H29N5O2S. The molecular weight excluding hydrogens is 386 g/mol. The average Bonchev–Trinajstić information content (AvgIpc) is 3.20. The predicted molar refractivity (Wildman–Crippen MR) is 117 cm³/mol. The van der Waals surface area contributed by atoms with Crippen molar-refractivity contribution in [1.82, 2.24) is 14.3 Å². The molecule has 0 unspecified atom stereocenters. The third-order valence-electron chi connectivity index (χ3n) is 5.26. The van der Waals surface area contributed by atoms with Crippen LogP contribution in [0.25, 0.3) is 0 Å². The number of rotatable bonds is 7. The molecule has 8 heteroatoms. The lowest BCUT2D eigenvalue weighted by Crippen LogP contribution is -2.32. The topological polar surface area (TPSA) is 87.2 Å². The van der Waals surface area contributed by atoms with Crippen LogP contribution in [-0.2, 0) is 10.0 Å². The number of aromatic nitrogens is 2. The Balaban J connectivity index is 1.85. The van der Waals surface area contributed by atoms with Crippen molar-refractivity contribution >= 4 is 27.5 Å². The number of nitrogens with one attached hydrogen (secondary N) is 2. The molecule has 0 aliphatic carbocycles. The lowest BCUT2D eigenvalue weighted by molar-refractivity contribution is 0.477. The van der Waals surface area contributed by atoms with E-state index >= 15 is 0 Å². The molecule has 1 saturated heterocycles. The largest absolute Gasteiger partial charge is 0.346 e. The quantitative estimate of drug-likeness (QED) is 0.663. The van der Waals surface area contributed by atoms with Crippen LogP contribution >= 0.6 is 0 Å². The van der Waals surface area contributed by atoms with Gasteiger partial charge in [0.05, 0.1) is 10.4 Å². The second kappa shape index (κ2) is 8.12. The summed E-state index contributed by atoms with van der Waals surface area (Å²) in [6.07, 6.45) is 3.55. The summed E-state index contributed by atoms with van der Waals surface area (Å²) in [4.78, 5) is 9.21. The van der Waals surface area contributed by atoms with Gasteiger partial charge in [0, 0.05) is 30.5 Å². The van der Waals surface area contributed by atoms with Gasteiger partial charge in [-0.15, -0.1) is 0 Å². The van der Waals surface area contributed by atoms with Crippen molar-refractivity contribution in [3.8, 4) is 0 Å². The van der Waals surface area contributed by atoms with Gasteiger partial charge in [-0.2, -0.15) is 9.29 Å². The Morgan fingerprint density at radius 2 is 1.93 bits per heavy atom. The number of hydrogen-bond donors (Lipinski definition) is 2. The SMILES string of the molecule is C=C(C)C(C)(C)Nc1ncc(C)c(Nc2cccc(S(=O)(=O)N3CCCC3)c2)n1. The molecule has 1 aromatic carbocycles. The Morgan fingerprint density at radius 1 is 1.24 bits per heavy atom. The Bertz CT molecular complexity index is 1010. The number of aryl methyl sites for hydroxylation is 1. The molecule has 1 aromatic heterocycles. The molecule has 1 aliphatic heterocycles. The fourth-order valence-corrected chi connectivity index (χ4v) is 4.53. The van der Waals surface area contributed by atoms with Gasteiger partial charge in [0.15, 0.2) is 0 Å². The van der Waals surface area contributed by atoms with Crippen molar-refractivity contribution in [3.05, 3.63) is 48.2 Å². The van der Waals surface area contributed by atoms with Crippen LogP contribution in [0.5, 0.6) is 0 Å². The first kappa shape index (κ1) is 21.3. The van der Waals surface area contributed by atoms with Crippen LogP contribution < -0.4 is 10.6 Å². The summed E-state index contributed by atoms with van der Waals surface area (Å²) in [5.41, 5.74) is 2.14. The van der Waals surface area contributed by atoms with Crippen LogP contribution in [-0.4, -0.2) is 41.3 Å². The van der Waals surface area contributed by atoms with Crippen LogP contribution in [0, 0.1) is 6.92 Å². The smallest absolute Gasteiger partial charge is 0.243 e. The van der Waals surface area contributed by atoms with Crippen molar-refractivity contribution in [3.63, 3.8) is 0 Å². The summed E-state index contributed by atoms with van der Waals surface area (Å²) in [5, 5.41) is 6.51. The van der Waals surface area contributed by atoms with Gasteiger partial charge >= 0.3 is 0 Å². The molecule has 2 aromatic rings. The van der Waals surface area contributed by atoms with E-state index in [-0.39, 0.29) is 10.4 Å². The highest BCUT2D eigenvalue weighted by Gasteiger charge is 2.27. The Morgan fingerprint density at radius 3 is 2.59 bits per heavy atom. The van der Waals surface area contributed by atoms with Crippen LogP contribution in [0.2, 0.25) is 0 Å². The molecule has 7 nitrogen and oxygen atoms in total. The van der Waals surface area contributed by atoms with E-state index in [1.54, 1.807) is 28.7 Å². The number of hydrogen-bond acceptors (Lipinski definition) is 6. The van der Waals surface area contributed by atoms with Crippen LogP contribution in [0.1, 0.15) is 39.2 Å². The summed E-state index contributed by atoms with van der Waals surface area (Å²) < 4.78 is 27.2. The predicted octanol–water partition coefficient (Wildman–Crippen LogP) is 4.08. The molecule has 1 fully saturated rings. The van der Waals surface area contributed by atoms with E-state index in [0.717, 1.165) is 24.0 Å². The standard InChI is InChI=1S/C21H29N5O2S/c1-15(2)21(4,5)25-20-22-14-16(3)19(24-20)23-17-9-8-10-18(13-17)29(27,28)26-11-6-7-12-26/h8-10,13-14H,1,6-7,11-12H2,2-5H3,(H2,22,23,24,25). The second-order valence-electron chi connectivity index (χ2n) is 8.02. The molecule has 2 N–H and O–H groups in total. The van der Waals surface area contributed by atoms with E-state index in [9.17, 15) is 8.42 Å². The fraction of sp³-hybridized carbons (Fsp3) is 0.429. The first-order valence-electron chi connectivity index (χ1n) is 9.75. The highest BCUT2D eigenvalue weighted by atomic mass is 32.2. The fourth-order valence-electron chi connectivity index (χ4n) is 2.96. The van der Waals surface area contributed by atoms with Gasteiger partial charge in [-0.1, -0.05) is 18.2 Å². The number of benzene rings is 1. The van der Waals surface area contributed by atoms with E-state index in [4.69, 9.17) is 0 Å². The van der Waals surface area contributed by atoms with Crippen molar-refractivity contribution in [2.45, 2.75) is 51.0 Å². The van der Waals surface area contributed by atoms with Gasteiger partial charge in [0.2, 0.25) is 16.0 Å². The van der Waals surface area contributed by atoms with Crippen molar-refractivity contribution < 1.29 is 8.42 Å². The van der Waals surface area contributed by atoms with Gasteiger partial charge in [-0.25, -0.2) is 13.4 Å². The zero-order valence-electron chi connectivity index (χ0n) is 17.5. The number of anilines is 3. The maximum Gasteiger partial charge on any atom is 0.243 e. The Kier molecular flexibility index (Phi) is 5.95. The zero-order valence-corrected chi connectivity index (χ0v) is 18.3. The lowest BCUT2D eigenvalue weighted by atomic mass is 9.97. The molecule has 3 rings (SSSR count). The Hall–Kier alpha value is -2.45. The third kappa shape index (κ3) is 4.76. The molecule has 0 bridgehead atoms. The maximum atomic E-state index is 12.8. The van der Waals surface area contributed by atoms with E-state index in [1.807, 2.05) is 33.8 Å². The lowest BCUT2D eigenvalue weighted by Gasteiger charge is -2.27. The first-order chi connectivity index (χ1) is 13.6.